The van der Waals surface area contributed by atoms with Gasteiger partial charge >= 0.3 is 0 Å². The van der Waals surface area contributed by atoms with Crippen LogP contribution in [0.15, 0.2) is 22.7 Å². The molecule has 0 aliphatic carbocycles. The van der Waals surface area contributed by atoms with E-state index in [2.05, 4.69) is 26.6 Å². The quantitative estimate of drug-likeness (QED) is 0.901. The third-order valence-electron chi connectivity index (χ3n) is 2.37. The average molecular weight is 306 g/mol. The monoisotopic (exact) mass is 304 g/mol. The minimum Gasteiger partial charge on any atom is -0.323 e. The number of amides is 1. The summed E-state index contributed by atoms with van der Waals surface area (Å²) < 4.78 is 0.878. The van der Waals surface area contributed by atoms with Crippen molar-refractivity contribution >= 4 is 39.1 Å². The molecule has 0 spiro atoms. The number of hydrogen-bond acceptors (Lipinski definition) is 2. The first kappa shape index (κ1) is 13.5. The second kappa shape index (κ2) is 5.17. The van der Waals surface area contributed by atoms with Gasteiger partial charge in [-0.2, -0.15) is 0 Å². The molecule has 1 aromatic carbocycles. The zero-order valence-electron chi connectivity index (χ0n) is 9.40. The Morgan fingerprint density at radius 3 is 2.56 bits per heavy atom. The Bertz CT molecular complexity index is 407. The smallest absolute Gasteiger partial charge is 0.244 e. The van der Waals surface area contributed by atoms with Gasteiger partial charge in [0.25, 0.3) is 0 Å². The van der Waals surface area contributed by atoms with Crippen molar-refractivity contribution in [3.05, 3.63) is 27.7 Å². The molecule has 16 heavy (non-hydrogen) atoms. The standard InChI is InChI=1S/C11H14BrClN2O/c1-11(2,14-3)10(16)15-9-5-4-7(12)6-8(9)13/h4-6,14H,1-3H3,(H,15,16). The van der Waals surface area contributed by atoms with Gasteiger partial charge in [0.15, 0.2) is 0 Å². The second-order valence-corrected chi connectivity index (χ2v) is 5.28. The van der Waals surface area contributed by atoms with Crippen LogP contribution in [0.25, 0.3) is 0 Å². The van der Waals surface area contributed by atoms with Crippen LogP contribution in [0.3, 0.4) is 0 Å². The van der Waals surface area contributed by atoms with Gasteiger partial charge in [-0.05, 0) is 39.1 Å². The molecule has 0 unspecified atom stereocenters. The topological polar surface area (TPSA) is 41.1 Å². The van der Waals surface area contributed by atoms with Gasteiger partial charge in [-0.25, -0.2) is 0 Å². The Balaban J connectivity index is 2.85. The van der Waals surface area contributed by atoms with Gasteiger partial charge in [0.05, 0.1) is 16.2 Å². The van der Waals surface area contributed by atoms with E-state index >= 15 is 0 Å². The van der Waals surface area contributed by atoms with Gasteiger partial charge in [-0.1, -0.05) is 27.5 Å². The highest BCUT2D eigenvalue weighted by Crippen LogP contribution is 2.26. The summed E-state index contributed by atoms with van der Waals surface area (Å²) in [5.41, 5.74) is -0.0191. The number of halogens is 2. The normalized spacial score (nSPS) is 11.3. The van der Waals surface area contributed by atoms with Gasteiger partial charge in [-0.3, -0.25) is 4.79 Å². The molecule has 0 aliphatic heterocycles. The van der Waals surface area contributed by atoms with E-state index in [1.54, 1.807) is 33.0 Å². The molecule has 88 valence electrons. The molecule has 0 bridgehead atoms. The second-order valence-electron chi connectivity index (χ2n) is 3.95. The van der Waals surface area contributed by atoms with Crippen molar-refractivity contribution in [3.63, 3.8) is 0 Å². The Hall–Kier alpha value is -0.580. The maximum atomic E-state index is 11.9. The Labute approximate surface area is 109 Å². The molecule has 0 fully saturated rings. The minimum atomic E-state index is -0.629. The molecule has 2 N–H and O–H groups in total. The lowest BCUT2D eigenvalue weighted by Gasteiger charge is -2.23. The van der Waals surface area contributed by atoms with Crippen molar-refractivity contribution in [2.24, 2.45) is 0 Å². The summed E-state index contributed by atoms with van der Waals surface area (Å²) in [5, 5.41) is 6.21. The number of likely N-dealkylation sites (N-methyl/N-ethyl adjacent to an activating group) is 1. The maximum absolute atomic E-state index is 11.9. The highest BCUT2D eigenvalue weighted by molar-refractivity contribution is 9.10. The van der Waals surface area contributed by atoms with E-state index in [1.165, 1.54) is 0 Å². The third kappa shape index (κ3) is 3.20. The van der Waals surface area contributed by atoms with Gasteiger partial charge in [0.1, 0.15) is 0 Å². The molecule has 0 heterocycles. The van der Waals surface area contributed by atoms with Gasteiger partial charge in [0, 0.05) is 4.47 Å². The predicted molar refractivity (Wildman–Crippen MR) is 70.9 cm³/mol. The molecule has 0 aromatic heterocycles. The molecule has 0 atom stereocenters. The molecular formula is C11H14BrClN2O. The molecule has 0 radical (unpaired) electrons. The zero-order valence-corrected chi connectivity index (χ0v) is 11.7. The van der Waals surface area contributed by atoms with Crippen LogP contribution >= 0.6 is 27.5 Å². The number of carbonyl (C=O) groups is 1. The van der Waals surface area contributed by atoms with E-state index in [0.717, 1.165) is 4.47 Å². The van der Waals surface area contributed by atoms with Gasteiger partial charge < -0.3 is 10.6 Å². The fourth-order valence-electron chi connectivity index (χ4n) is 0.983. The molecular weight excluding hydrogens is 291 g/mol. The summed E-state index contributed by atoms with van der Waals surface area (Å²) >= 11 is 9.31. The van der Waals surface area contributed by atoms with E-state index in [4.69, 9.17) is 11.6 Å². The van der Waals surface area contributed by atoms with E-state index in [0.29, 0.717) is 10.7 Å². The molecule has 1 rings (SSSR count). The number of carbonyl (C=O) groups excluding carboxylic acids is 1. The average Bonchev–Trinajstić information content (AvgIpc) is 2.22. The van der Waals surface area contributed by atoms with Crippen LogP contribution in [0.5, 0.6) is 0 Å². The largest absolute Gasteiger partial charge is 0.323 e. The number of rotatable bonds is 3. The summed E-state index contributed by atoms with van der Waals surface area (Å²) in [6.07, 6.45) is 0. The van der Waals surface area contributed by atoms with E-state index in [9.17, 15) is 4.79 Å². The van der Waals surface area contributed by atoms with Gasteiger partial charge in [-0.15, -0.1) is 0 Å². The first-order chi connectivity index (χ1) is 7.36. The number of nitrogens with one attached hydrogen (secondary N) is 2. The van der Waals surface area contributed by atoms with E-state index in [1.807, 2.05) is 6.07 Å². The van der Waals surface area contributed by atoms with Crippen molar-refractivity contribution in [3.8, 4) is 0 Å². The first-order valence-corrected chi connectivity index (χ1v) is 5.99. The Morgan fingerprint density at radius 1 is 1.44 bits per heavy atom. The van der Waals surface area contributed by atoms with Crippen molar-refractivity contribution in [2.45, 2.75) is 19.4 Å². The summed E-state index contributed by atoms with van der Waals surface area (Å²) in [6, 6.07) is 5.33. The SMILES string of the molecule is CNC(C)(C)C(=O)Nc1ccc(Br)cc1Cl. The molecule has 3 nitrogen and oxygen atoms in total. The highest BCUT2D eigenvalue weighted by Gasteiger charge is 2.25. The van der Waals surface area contributed by atoms with Crippen LogP contribution < -0.4 is 10.6 Å². The number of hydrogen-bond donors (Lipinski definition) is 2. The Morgan fingerprint density at radius 2 is 2.06 bits per heavy atom. The summed E-state index contributed by atoms with van der Waals surface area (Å²) in [6.45, 7) is 3.60. The predicted octanol–water partition coefficient (Wildman–Crippen LogP) is 3.04. The molecule has 5 heteroatoms. The van der Waals surface area contributed by atoms with Crippen LogP contribution in [-0.4, -0.2) is 18.5 Å². The van der Waals surface area contributed by atoms with E-state index in [-0.39, 0.29) is 5.91 Å². The minimum absolute atomic E-state index is 0.126. The number of anilines is 1. The van der Waals surface area contributed by atoms with Crippen molar-refractivity contribution in [1.29, 1.82) is 0 Å². The fourth-order valence-corrected chi connectivity index (χ4v) is 1.70. The summed E-state index contributed by atoms with van der Waals surface area (Å²) in [5.74, 6) is -0.126. The van der Waals surface area contributed by atoms with Gasteiger partial charge in [0.2, 0.25) is 5.91 Å². The first-order valence-electron chi connectivity index (χ1n) is 4.82. The van der Waals surface area contributed by atoms with Crippen molar-refractivity contribution < 1.29 is 4.79 Å². The molecule has 1 amide bonds. The summed E-state index contributed by atoms with van der Waals surface area (Å²) in [7, 11) is 1.74. The highest BCUT2D eigenvalue weighted by atomic mass is 79.9. The molecule has 0 saturated carbocycles. The van der Waals surface area contributed by atoms with Crippen LogP contribution in [0, 0.1) is 0 Å². The molecule has 0 saturated heterocycles. The lowest BCUT2D eigenvalue weighted by atomic mass is 10.1. The van der Waals surface area contributed by atoms with Crippen LogP contribution in [0.2, 0.25) is 5.02 Å². The Kier molecular flexibility index (Phi) is 4.35. The van der Waals surface area contributed by atoms with E-state index < -0.39 is 5.54 Å². The maximum Gasteiger partial charge on any atom is 0.244 e. The van der Waals surface area contributed by atoms with Crippen LogP contribution in [-0.2, 0) is 4.79 Å². The fraction of sp³-hybridized carbons (Fsp3) is 0.364. The van der Waals surface area contributed by atoms with Crippen LogP contribution in [0.4, 0.5) is 5.69 Å². The number of benzene rings is 1. The van der Waals surface area contributed by atoms with Crippen LogP contribution in [0.1, 0.15) is 13.8 Å². The zero-order chi connectivity index (χ0) is 12.3. The van der Waals surface area contributed by atoms with Crippen molar-refractivity contribution in [1.82, 2.24) is 5.32 Å². The lowest BCUT2D eigenvalue weighted by molar-refractivity contribution is -0.121. The molecule has 0 aliphatic rings. The van der Waals surface area contributed by atoms with Crippen molar-refractivity contribution in [2.75, 3.05) is 12.4 Å². The molecule has 1 aromatic rings. The summed E-state index contributed by atoms with van der Waals surface area (Å²) in [4.78, 5) is 11.9. The third-order valence-corrected chi connectivity index (χ3v) is 3.18. The lowest BCUT2D eigenvalue weighted by Crippen LogP contribution is -2.47.